The monoisotopic (exact) mass is 558 g/mol. The highest BCUT2D eigenvalue weighted by Gasteiger charge is 2.40. The number of benzene rings is 2. The molecular formula is C25H26N4O9S. The molecule has 1 aromatic heterocycles. The lowest BCUT2D eigenvalue weighted by Gasteiger charge is -2.31. The zero-order chi connectivity index (χ0) is 28.5. The van der Waals surface area contributed by atoms with E-state index in [9.17, 15) is 33.0 Å². The third-order valence-corrected chi connectivity index (χ3v) is 7.49. The van der Waals surface area contributed by atoms with E-state index in [1.807, 2.05) is 6.92 Å². The smallest absolute Gasteiger partial charge is 0.423 e. The quantitative estimate of drug-likeness (QED) is 0.353. The number of methoxy groups -OCH3 is 1. The number of unbranched alkanes of at least 4 members (excludes halogenated alkanes) is 1. The molecule has 3 N–H and O–H groups in total. The van der Waals surface area contributed by atoms with Crippen LogP contribution < -0.4 is 20.7 Å². The van der Waals surface area contributed by atoms with Crippen LogP contribution in [-0.4, -0.2) is 55.1 Å². The van der Waals surface area contributed by atoms with Gasteiger partial charge in [-0.1, -0.05) is 25.5 Å². The number of aryl methyl sites for hydroxylation is 1. The average molecular weight is 559 g/mol. The van der Waals surface area contributed by atoms with E-state index in [2.05, 4.69) is 9.71 Å². The molecule has 1 atom stereocenters. The van der Waals surface area contributed by atoms with Crippen LogP contribution in [-0.2, 0) is 21.2 Å². The topological polar surface area (TPSA) is 181 Å². The minimum absolute atomic E-state index is 0.0723. The largest absolute Gasteiger partial charge is 0.495 e. The van der Waals surface area contributed by atoms with Gasteiger partial charge in [-0.05, 0) is 36.8 Å². The van der Waals surface area contributed by atoms with E-state index in [4.69, 9.17) is 9.15 Å². The molecular weight excluding hydrogens is 532 g/mol. The predicted octanol–water partition coefficient (Wildman–Crippen LogP) is 2.61. The highest BCUT2D eigenvalue weighted by Crippen LogP contribution is 2.35. The summed E-state index contributed by atoms with van der Waals surface area (Å²) in [6, 6.07) is 7.84. The number of carbonyl (C=O) groups excluding carboxylic acids is 1. The van der Waals surface area contributed by atoms with Gasteiger partial charge in [0, 0.05) is 13.5 Å². The molecule has 14 heteroatoms. The van der Waals surface area contributed by atoms with E-state index < -0.39 is 45.4 Å². The number of hydrogen-bond acceptors (Lipinski definition) is 9. The molecule has 2 heterocycles. The summed E-state index contributed by atoms with van der Waals surface area (Å²) in [5.74, 6) is -4.45. The Morgan fingerprint density at radius 3 is 2.59 bits per heavy atom. The number of rotatable bonds is 9. The Labute approximate surface area is 223 Å². The van der Waals surface area contributed by atoms with Crippen molar-refractivity contribution in [1.29, 1.82) is 0 Å². The van der Waals surface area contributed by atoms with Crippen LogP contribution in [0.15, 0.2) is 61.0 Å². The van der Waals surface area contributed by atoms with E-state index in [0.29, 0.717) is 11.0 Å². The lowest BCUT2D eigenvalue weighted by molar-refractivity contribution is -0.117. The third-order valence-electron chi connectivity index (χ3n) is 6.16. The molecule has 0 bridgehead atoms. The molecule has 0 spiro atoms. The zero-order valence-corrected chi connectivity index (χ0v) is 22.1. The van der Waals surface area contributed by atoms with Crippen molar-refractivity contribution >= 4 is 39.1 Å². The molecule has 0 saturated carbocycles. The highest BCUT2D eigenvalue weighted by molar-refractivity contribution is 7.90. The molecule has 1 aliphatic heterocycles. The Balaban J connectivity index is 1.90. The van der Waals surface area contributed by atoms with Crippen molar-refractivity contribution in [2.75, 3.05) is 24.4 Å². The molecule has 0 radical (unpaired) electrons. The van der Waals surface area contributed by atoms with Gasteiger partial charge < -0.3 is 29.6 Å². The van der Waals surface area contributed by atoms with Crippen LogP contribution in [0.25, 0.3) is 0 Å². The number of nitrogens with zero attached hydrogens (tertiary/aromatic N) is 3. The van der Waals surface area contributed by atoms with Crippen LogP contribution in [0, 0.1) is 0 Å². The molecule has 1 amide bonds. The number of amidine groups is 1. The average Bonchev–Trinajstić information content (AvgIpc) is 3.18. The summed E-state index contributed by atoms with van der Waals surface area (Å²) in [6.45, 7) is 1.90. The number of oxazole rings is 1. The first-order valence-electron chi connectivity index (χ1n) is 11.8. The number of hydrogen-bond donors (Lipinski definition) is 3. The van der Waals surface area contributed by atoms with Crippen molar-refractivity contribution in [3.8, 4) is 11.6 Å². The zero-order valence-electron chi connectivity index (χ0n) is 21.2. The molecule has 1 unspecified atom stereocenters. The fraction of sp³-hybridized carbons (Fsp3) is 0.280. The number of fused-ring (bicyclic) bond motifs is 1. The van der Waals surface area contributed by atoms with Crippen LogP contribution in [0.5, 0.6) is 11.6 Å². The number of carboxylic acid groups (broad SMARTS) is 1. The summed E-state index contributed by atoms with van der Waals surface area (Å²) in [5.41, 5.74) is -0.0542. The normalized spacial score (nSPS) is 14.7. The number of amides is 1. The van der Waals surface area contributed by atoms with Crippen molar-refractivity contribution < 1.29 is 37.4 Å². The van der Waals surface area contributed by atoms with Crippen LogP contribution in [0.2, 0.25) is 0 Å². The van der Waals surface area contributed by atoms with Gasteiger partial charge in [0.25, 0.3) is 15.9 Å². The number of ether oxygens (including phenoxy) is 1. The number of aromatic hydroxyl groups is 1. The minimum Gasteiger partial charge on any atom is -0.495 e. The minimum atomic E-state index is -4.31. The predicted molar refractivity (Wildman–Crippen MR) is 140 cm³/mol. The number of carbonyl (C=O) groups is 2. The molecule has 206 valence electrons. The van der Waals surface area contributed by atoms with Crippen molar-refractivity contribution in [1.82, 2.24) is 4.57 Å². The Hall–Kier alpha value is -4.59. The van der Waals surface area contributed by atoms with Gasteiger partial charge in [0.1, 0.15) is 10.6 Å². The van der Waals surface area contributed by atoms with Crippen molar-refractivity contribution in [3.63, 3.8) is 0 Å². The molecule has 0 aliphatic carbocycles. The first-order valence-corrected chi connectivity index (χ1v) is 13.3. The SMILES string of the molecule is CCCCc1oc(=O)n(C(C(=O)Nc2cc(C(=O)O)ccc2OC)C2=NS(=O)(=O)c3ccccc3N2C)c1O. The van der Waals surface area contributed by atoms with Gasteiger partial charge in [-0.15, -0.1) is 4.40 Å². The summed E-state index contributed by atoms with van der Waals surface area (Å²) in [5, 5.41) is 22.8. The van der Waals surface area contributed by atoms with Crippen LogP contribution in [0.4, 0.5) is 11.4 Å². The third kappa shape index (κ3) is 5.10. The molecule has 0 saturated heterocycles. The van der Waals surface area contributed by atoms with Gasteiger partial charge in [0.2, 0.25) is 5.88 Å². The number of aromatic carboxylic acids is 1. The van der Waals surface area contributed by atoms with Gasteiger partial charge in [-0.25, -0.2) is 14.2 Å². The van der Waals surface area contributed by atoms with E-state index in [-0.39, 0.29) is 39.8 Å². The number of likely N-dealkylation sites (N-methyl/N-ethyl adjacent to an activating group) is 1. The molecule has 13 nitrogen and oxygen atoms in total. The van der Waals surface area contributed by atoms with Crippen LogP contribution >= 0.6 is 0 Å². The van der Waals surface area contributed by atoms with Crippen LogP contribution in [0.1, 0.15) is 41.9 Å². The maximum absolute atomic E-state index is 13.8. The number of carboxylic acids is 1. The number of anilines is 2. The summed E-state index contributed by atoms with van der Waals surface area (Å²) < 4.78 is 41.1. The maximum Gasteiger partial charge on any atom is 0.423 e. The molecule has 39 heavy (non-hydrogen) atoms. The maximum atomic E-state index is 13.8. The molecule has 3 aromatic rings. The summed E-state index contributed by atoms with van der Waals surface area (Å²) in [6.07, 6.45) is 1.48. The van der Waals surface area contributed by atoms with E-state index in [1.54, 1.807) is 6.07 Å². The van der Waals surface area contributed by atoms with E-state index in [0.717, 1.165) is 12.5 Å². The second-order valence-electron chi connectivity index (χ2n) is 8.65. The summed E-state index contributed by atoms with van der Waals surface area (Å²) in [4.78, 5) is 39.5. The first kappa shape index (κ1) is 27.4. The Morgan fingerprint density at radius 1 is 1.21 bits per heavy atom. The molecule has 2 aromatic carbocycles. The second kappa shape index (κ2) is 10.6. The van der Waals surface area contributed by atoms with E-state index in [1.165, 1.54) is 49.4 Å². The van der Waals surface area contributed by atoms with Crippen molar-refractivity contribution in [2.24, 2.45) is 4.40 Å². The lowest BCUT2D eigenvalue weighted by atomic mass is 10.1. The van der Waals surface area contributed by atoms with Gasteiger partial charge in [0.15, 0.2) is 17.6 Å². The fourth-order valence-corrected chi connectivity index (χ4v) is 5.47. The lowest BCUT2D eigenvalue weighted by Crippen LogP contribution is -2.45. The van der Waals surface area contributed by atoms with Gasteiger partial charge >= 0.3 is 11.7 Å². The van der Waals surface area contributed by atoms with E-state index >= 15 is 0 Å². The summed E-state index contributed by atoms with van der Waals surface area (Å²) >= 11 is 0. The van der Waals surface area contributed by atoms with Gasteiger partial charge in [0.05, 0.1) is 24.0 Å². The Bertz CT molecular complexity index is 1640. The second-order valence-corrected chi connectivity index (χ2v) is 10.2. The number of sulfonamides is 1. The summed E-state index contributed by atoms with van der Waals surface area (Å²) in [7, 11) is -1.55. The fourth-order valence-electron chi connectivity index (χ4n) is 4.18. The first-order chi connectivity index (χ1) is 18.5. The Morgan fingerprint density at radius 2 is 1.92 bits per heavy atom. The molecule has 1 aliphatic rings. The number of para-hydroxylation sites is 1. The van der Waals surface area contributed by atoms with Crippen LogP contribution in [0.3, 0.4) is 0 Å². The molecule has 4 rings (SSSR count). The van der Waals surface area contributed by atoms with Gasteiger partial charge in [-0.2, -0.15) is 8.42 Å². The number of nitrogens with one attached hydrogen (secondary N) is 1. The standard InChI is InChI=1S/C25H26N4O9S/c1-4-5-9-18-23(31)29(25(34)38-18)20(21-27-39(35,36)19-10-7-6-8-16(19)28(21)2)22(30)26-15-13-14(24(32)33)11-12-17(15)37-3/h6-8,10-13,20,31H,4-5,9H2,1-3H3,(H,26,30)(H,32,33). The van der Waals surface area contributed by atoms with Crippen molar-refractivity contribution in [3.05, 3.63) is 64.3 Å². The Kier molecular flexibility index (Phi) is 7.49. The van der Waals surface area contributed by atoms with Crippen molar-refractivity contribution in [2.45, 2.75) is 37.1 Å². The van der Waals surface area contributed by atoms with Gasteiger partial charge in [-0.3, -0.25) is 4.79 Å². The highest BCUT2D eigenvalue weighted by atomic mass is 32.2. The number of aromatic nitrogens is 1. The molecule has 0 fully saturated rings.